The Labute approximate surface area is 207 Å². The maximum atomic E-state index is 13.6. The van der Waals surface area contributed by atoms with Crippen LogP contribution in [0, 0.1) is 5.92 Å². The first-order chi connectivity index (χ1) is 15.9. The summed E-state index contributed by atoms with van der Waals surface area (Å²) >= 11 is 18.7. The summed E-state index contributed by atoms with van der Waals surface area (Å²) in [4.78, 5) is 27.6. The normalized spacial score (nSPS) is 16.0. The monoisotopic (exact) mass is 505 g/mol. The Morgan fingerprint density at radius 2 is 1.85 bits per heavy atom. The van der Waals surface area contributed by atoms with E-state index in [9.17, 15) is 9.59 Å². The van der Waals surface area contributed by atoms with Crippen molar-refractivity contribution in [2.24, 2.45) is 5.92 Å². The molecule has 4 rings (SSSR count). The van der Waals surface area contributed by atoms with E-state index in [4.69, 9.17) is 39.5 Å². The minimum absolute atomic E-state index is 0.235. The third-order valence-corrected chi connectivity index (χ3v) is 6.62. The summed E-state index contributed by atoms with van der Waals surface area (Å²) in [5.41, 5.74) is 2.18. The molecule has 1 unspecified atom stereocenters. The minimum Gasteiger partial charge on any atom is -0.466 e. The lowest BCUT2D eigenvalue weighted by Crippen LogP contribution is -2.43. The van der Waals surface area contributed by atoms with E-state index in [-0.39, 0.29) is 17.8 Å². The van der Waals surface area contributed by atoms with E-state index in [1.165, 1.54) is 4.68 Å². The Morgan fingerprint density at radius 1 is 1.06 bits per heavy atom. The first-order valence-electron chi connectivity index (χ1n) is 10.6. The third kappa shape index (κ3) is 5.03. The zero-order valence-corrected chi connectivity index (χ0v) is 20.2. The number of halogens is 3. The van der Waals surface area contributed by atoms with E-state index in [1.807, 2.05) is 18.2 Å². The fraction of sp³-hybridized carbons (Fsp3) is 0.292. The van der Waals surface area contributed by atoms with Gasteiger partial charge in [-0.05, 0) is 50.1 Å². The molecule has 2 heterocycles. The van der Waals surface area contributed by atoms with Crippen molar-refractivity contribution in [1.82, 2.24) is 14.7 Å². The van der Waals surface area contributed by atoms with Crippen LogP contribution in [0.2, 0.25) is 15.1 Å². The number of piperidine rings is 1. The lowest BCUT2D eigenvalue weighted by molar-refractivity contribution is -0.149. The number of benzene rings is 2. The van der Waals surface area contributed by atoms with Crippen molar-refractivity contribution in [2.45, 2.75) is 19.8 Å². The van der Waals surface area contributed by atoms with Gasteiger partial charge >= 0.3 is 5.97 Å². The van der Waals surface area contributed by atoms with Gasteiger partial charge in [-0.15, -0.1) is 0 Å². The highest BCUT2D eigenvalue weighted by Crippen LogP contribution is 2.31. The van der Waals surface area contributed by atoms with Crippen molar-refractivity contribution < 1.29 is 14.3 Å². The fourth-order valence-electron chi connectivity index (χ4n) is 3.92. The molecule has 0 spiro atoms. The summed E-state index contributed by atoms with van der Waals surface area (Å²) in [7, 11) is 0. The van der Waals surface area contributed by atoms with Crippen LogP contribution in [0.1, 0.15) is 30.3 Å². The largest absolute Gasteiger partial charge is 0.466 e. The molecule has 1 aromatic heterocycles. The molecule has 1 aliphatic heterocycles. The van der Waals surface area contributed by atoms with Crippen molar-refractivity contribution in [3.8, 4) is 16.9 Å². The van der Waals surface area contributed by atoms with Crippen molar-refractivity contribution in [3.05, 3.63) is 69.3 Å². The predicted molar refractivity (Wildman–Crippen MR) is 129 cm³/mol. The summed E-state index contributed by atoms with van der Waals surface area (Å²) < 4.78 is 6.71. The second-order valence-corrected chi connectivity index (χ2v) is 8.97. The van der Waals surface area contributed by atoms with Crippen LogP contribution in [0.3, 0.4) is 0 Å². The van der Waals surface area contributed by atoms with Crippen LogP contribution in [-0.2, 0) is 9.53 Å². The number of amides is 1. The van der Waals surface area contributed by atoms with Crippen LogP contribution < -0.4 is 0 Å². The zero-order chi connectivity index (χ0) is 23.5. The molecule has 172 valence electrons. The van der Waals surface area contributed by atoms with E-state index >= 15 is 0 Å². The SMILES string of the molecule is CCOC(=O)C1CCCN(C(=O)c2cc(-c3ccccc3Cl)nn2-c2ccc(Cl)c(Cl)c2)C1. The molecule has 33 heavy (non-hydrogen) atoms. The van der Waals surface area contributed by atoms with Gasteiger partial charge in [-0.1, -0.05) is 53.0 Å². The lowest BCUT2D eigenvalue weighted by atomic mass is 9.98. The Kier molecular flexibility index (Phi) is 7.27. The van der Waals surface area contributed by atoms with E-state index in [1.54, 1.807) is 42.2 Å². The van der Waals surface area contributed by atoms with Crippen molar-refractivity contribution >= 4 is 46.7 Å². The van der Waals surface area contributed by atoms with Crippen molar-refractivity contribution in [2.75, 3.05) is 19.7 Å². The number of aromatic nitrogens is 2. The molecular formula is C24H22Cl3N3O3. The summed E-state index contributed by atoms with van der Waals surface area (Å²) in [5, 5.41) is 5.95. The molecule has 6 nitrogen and oxygen atoms in total. The van der Waals surface area contributed by atoms with Crippen molar-refractivity contribution in [1.29, 1.82) is 0 Å². The molecule has 1 atom stereocenters. The second kappa shape index (κ2) is 10.2. The van der Waals surface area contributed by atoms with Crippen molar-refractivity contribution in [3.63, 3.8) is 0 Å². The van der Waals surface area contributed by atoms with Gasteiger partial charge in [0.05, 0.1) is 39.0 Å². The summed E-state index contributed by atoms with van der Waals surface area (Å²) in [6.45, 7) is 2.93. The molecule has 0 N–H and O–H groups in total. The number of carbonyl (C=O) groups excluding carboxylic acids is 2. The van der Waals surface area contributed by atoms with Gasteiger partial charge in [0, 0.05) is 18.7 Å². The van der Waals surface area contributed by atoms with Gasteiger partial charge in [0.25, 0.3) is 5.91 Å². The smallest absolute Gasteiger partial charge is 0.310 e. The standard InChI is InChI=1S/C24H22Cl3N3O3/c1-2-33-24(32)15-6-5-11-29(14-15)23(31)22-13-21(17-7-3-4-8-18(17)25)28-30(22)16-9-10-19(26)20(27)12-16/h3-4,7-10,12-13,15H,2,5-6,11,14H2,1H3. The van der Waals surface area contributed by atoms with Crippen LogP contribution >= 0.6 is 34.8 Å². The van der Waals surface area contributed by atoms with Crippen LogP contribution in [0.4, 0.5) is 0 Å². The molecule has 2 aromatic carbocycles. The third-order valence-electron chi connectivity index (χ3n) is 5.55. The van der Waals surface area contributed by atoms with E-state index < -0.39 is 0 Å². The Morgan fingerprint density at radius 3 is 2.58 bits per heavy atom. The average Bonchev–Trinajstić information content (AvgIpc) is 3.26. The Bertz CT molecular complexity index is 1190. The number of hydrogen-bond acceptors (Lipinski definition) is 4. The number of rotatable bonds is 5. The maximum absolute atomic E-state index is 13.6. The quantitative estimate of drug-likeness (QED) is 0.403. The van der Waals surface area contributed by atoms with Gasteiger partial charge in [0.1, 0.15) is 5.69 Å². The molecule has 1 amide bonds. The average molecular weight is 507 g/mol. The van der Waals surface area contributed by atoms with E-state index in [0.29, 0.717) is 70.2 Å². The maximum Gasteiger partial charge on any atom is 0.310 e. The predicted octanol–water partition coefficient (Wildman–Crippen LogP) is 5.91. The Hall–Kier alpha value is -2.54. The van der Waals surface area contributed by atoms with Gasteiger partial charge in [-0.25, -0.2) is 4.68 Å². The van der Waals surface area contributed by atoms with Gasteiger partial charge in [-0.2, -0.15) is 5.10 Å². The highest BCUT2D eigenvalue weighted by atomic mass is 35.5. The van der Waals surface area contributed by atoms with E-state index in [2.05, 4.69) is 5.10 Å². The molecule has 9 heteroatoms. The molecule has 1 aliphatic rings. The van der Waals surface area contributed by atoms with Crippen LogP contribution in [0.25, 0.3) is 16.9 Å². The lowest BCUT2D eigenvalue weighted by Gasteiger charge is -2.31. The second-order valence-electron chi connectivity index (χ2n) is 7.75. The minimum atomic E-state index is -0.341. The fourth-order valence-corrected chi connectivity index (χ4v) is 4.45. The van der Waals surface area contributed by atoms with Gasteiger partial charge in [0.2, 0.25) is 0 Å². The zero-order valence-electron chi connectivity index (χ0n) is 17.9. The highest BCUT2D eigenvalue weighted by Gasteiger charge is 2.32. The molecule has 0 radical (unpaired) electrons. The number of likely N-dealkylation sites (tertiary alicyclic amines) is 1. The van der Waals surface area contributed by atoms with Gasteiger partial charge in [-0.3, -0.25) is 9.59 Å². The first kappa shape index (κ1) is 23.6. The molecule has 0 bridgehead atoms. The number of carbonyl (C=O) groups is 2. The molecule has 1 saturated heterocycles. The van der Waals surface area contributed by atoms with E-state index in [0.717, 1.165) is 0 Å². The molecule has 0 aliphatic carbocycles. The topological polar surface area (TPSA) is 64.4 Å². The summed E-state index contributed by atoms with van der Waals surface area (Å²) in [6, 6.07) is 14.1. The van der Waals surface area contributed by atoms with Crippen LogP contribution in [0.5, 0.6) is 0 Å². The molecule has 1 fully saturated rings. The highest BCUT2D eigenvalue weighted by molar-refractivity contribution is 6.42. The summed E-state index contributed by atoms with van der Waals surface area (Å²) in [5.74, 6) is -0.849. The number of ether oxygens (including phenoxy) is 1. The first-order valence-corrected chi connectivity index (χ1v) is 11.8. The molecule has 0 saturated carbocycles. The number of hydrogen-bond donors (Lipinski definition) is 0. The summed E-state index contributed by atoms with van der Waals surface area (Å²) in [6.07, 6.45) is 1.41. The van der Waals surface area contributed by atoms with Crippen LogP contribution in [0.15, 0.2) is 48.5 Å². The molecule has 3 aromatic rings. The molecular weight excluding hydrogens is 485 g/mol. The number of nitrogens with zero attached hydrogens (tertiary/aromatic N) is 3. The number of esters is 1. The van der Waals surface area contributed by atoms with Gasteiger partial charge < -0.3 is 9.64 Å². The Balaban J connectivity index is 1.74. The van der Waals surface area contributed by atoms with Gasteiger partial charge in [0.15, 0.2) is 0 Å². The van der Waals surface area contributed by atoms with Crippen LogP contribution in [-0.4, -0.2) is 46.3 Å².